The van der Waals surface area contributed by atoms with Gasteiger partial charge in [-0.1, -0.05) is 0 Å². The minimum absolute atomic E-state index is 0.0358. The van der Waals surface area contributed by atoms with E-state index < -0.39 is 0 Å². The molecule has 0 aliphatic carbocycles. The van der Waals surface area contributed by atoms with Gasteiger partial charge >= 0.3 is 0 Å². The van der Waals surface area contributed by atoms with Crippen LogP contribution in [0.25, 0.3) is 10.9 Å². The zero-order valence-electron chi connectivity index (χ0n) is 16.9. The maximum absolute atomic E-state index is 13.5. The second-order valence-corrected chi connectivity index (χ2v) is 7.98. The first-order valence-electron chi connectivity index (χ1n) is 10.5. The number of aromatic nitrogens is 3. The van der Waals surface area contributed by atoms with Gasteiger partial charge in [-0.15, -0.1) is 0 Å². The summed E-state index contributed by atoms with van der Waals surface area (Å²) < 4.78 is 15.4. The van der Waals surface area contributed by atoms with Crippen molar-refractivity contribution < 1.29 is 14.0 Å². The van der Waals surface area contributed by atoms with Crippen LogP contribution in [0.3, 0.4) is 0 Å². The number of amides is 2. The highest BCUT2D eigenvalue weighted by atomic mass is 19.1. The topological polar surface area (TPSA) is 74.2 Å². The number of rotatable bonds is 3. The summed E-state index contributed by atoms with van der Waals surface area (Å²) in [5.41, 5.74) is 3.53. The van der Waals surface area contributed by atoms with Gasteiger partial charge in [-0.25, -0.2) is 4.39 Å². The van der Waals surface area contributed by atoms with Crippen LogP contribution in [0.15, 0.2) is 24.3 Å². The summed E-state index contributed by atoms with van der Waals surface area (Å²) in [4.78, 5) is 32.9. The number of likely N-dealkylation sites (tertiary alicyclic amines) is 1. The van der Waals surface area contributed by atoms with Gasteiger partial charge in [0.25, 0.3) is 11.8 Å². The average molecular weight is 409 g/mol. The number of H-pyrrole nitrogens is 1. The maximum Gasteiger partial charge on any atom is 0.274 e. The van der Waals surface area contributed by atoms with Crippen LogP contribution in [0.1, 0.15) is 52.0 Å². The lowest BCUT2D eigenvalue weighted by atomic mass is 10.0. The van der Waals surface area contributed by atoms with Gasteiger partial charge in [0.2, 0.25) is 0 Å². The molecule has 2 aromatic heterocycles. The summed E-state index contributed by atoms with van der Waals surface area (Å²) in [7, 11) is 0. The third-order valence-corrected chi connectivity index (χ3v) is 6.13. The van der Waals surface area contributed by atoms with Crippen molar-refractivity contribution in [3.63, 3.8) is 0 Å². The van der Waals surface area contributed by atoms with Crippen LogP contribution in [-0.2, 0) is 19.5 Å². The van der Waals surface area contributed by atoms with Crippen molar-refractivity contribution in [3.05, 3.63) is 52.7 Å². The van der Waals surface area contributed by atoms with Crippen molar-refractivity contribution in [1.29, 1.82) is 0 Å². The molecular formula is C22H24FN5O2. The molecule has 7 nitrogen and oxygen atoms in total. The maximum atomic E-state index is 13.5. The molecule has 1 fully saturated rings. The predicted octanol–water partition coefficient (Wildman–Crippen LogP) is 2.96. The highest BCUT2D eigenvalue weighted by Gasteiger charge is 2.33. The fourth-order valence-electron chi connectivity index (χ4n) is 4.56. The summed E-state index contributed by atoms with van der Waals surface area (Å²) in [5, 5.41) is 5.27. The van der Waals surface area contributed by atoms with E-state index in [0.717, 1.165) is 42.7 Å². The zero-order chi connectivity index (χ0) is 20.8. The molecule has 3 aromatic rings. The summed E-state index contributed by atoms with van der Waals surface area (Å²) in [6.07, 6.45) is 2.70. The SMILES string of the molecule is CCn1nc(C(=O)N2CCCC2)c2c1CCN(C(=O)c1cc3cc(F)ccc3[nH]1)C2. The molecule has 2 amide bonds. The molecule has 156 valence electrons. The van der Waals surface area contributed by atoms with Crippen LogP contribution < -0.4 is 0 Å². The fraction of sp³-hybridized carbons (Fsp3) is 0.409. The van der Waals surface area contributed by atoms with Crippen LogP contribution in [0.5, 0.6) is 0 Å². The van der Waals surface area contributed by atoms with E-state index in [0.29, 0.717) is 42.8 Å². The number of aromatic amines is 1. The number of fused-ring (bicyclic) bond motifs is 2. The Kier molecular flexibility index (Phi) is 4.56. The van der Waals surface area contributed by atoms with Crippen molar-refractivity contribution in [1.82, 2.24) is 24.6 Å². The first kappa shape index (κ1) is 18.8. The van der Waals surface area contributed by atoms with Crippen molar-refractivity contribution in [2.45, 2.75) is 39.3 Å². The van der Waals surface area contributed by atoms with Crippen molar-refractivity contribution in [3.8, 4) is 0 Å². The molecule has 8 heteroatoms. The van der Waals surface area contributed by atoms with Gasteiger partial charge in [-0.3, -0.25) is 14.3 Å². The van der Waals surface area contributed by atoms with Gasteiger partial charge in [0.15, 0.2) is 5.69 Å². The lowest BCUT2D eigenvalue weighted by Gasteiger charge is -2.27. The molecule has 4 heterocycles. The largest absolute Gasteiger partial charge is 0.351 e. The average Bonchev–Trinajstić information content (AvgIpc) is 3.49. The molecule has 1 N–H and O–H groups in total. The molecular weight excluding hydrogens is 385 g/mol. The Hall–Kier alpha value is -3.16. The van der Waals surface area contributed by atoms with Crippen LogP contribution in [0.2, 0.25) is 0 Å². The Morgan fingerprint density at radius 2 is 1.90 bits per heavy atom. The Morgan fingerprint density at radius 3 is 2.67 bits per heavy atom. The van der Waals surface area contributed by atoms with Crippen molar-refractivity contribution in [2.24, 2.45) is 0 Å². The van der Waals surface area contributed by atoms with Gasteiger partial charge in [-0.05, 0) is 44.0 Å². The third-order valence-electron chi connectivity index (χ3n) is 6.13. The Balaban J connectivity index is 1.45. The molecule has 2 aliphatic heterocycles. The quantitative estimate of drug-likeness (QED) is 0.723. The normalized spacial score (nSPS) is 16.3. The van der Waals surface area contributed by atoms with Crippen LogP contribution in [0.4, 0.5) is 4.39 Å². The monoisotopic (exact) mass is 409 g/mol. The second kappa shape index (κ2) is 7.27. The number of nitrogens with one attached hydrogen (secondary N) is 1. The molecule has 30 heavy (non-hydrogen) atoms. The van der Waals surface area contributed by atoms with Crippen LogP contribution >= 0.6 is 0 Å². The van der Waals surface area contributed by atoms with Crippen LogP contribution in [0, 0.1) is 5.82 Å². The highest BCUT2D eigenvalue weighted by Crippen LogP contribution is 2.27. The smallest absolute Gasteiger partial charge is 0.274 e. The second-order valence-electron chi connectivity index (χ2n) is 7.98. The third kappa shape index (κ3) is 3.07. The Labute approximate surface area is 173 Å². The van der Waals surface area contributed by atoms with Gasteiger partial charge in [-0.2, -0.15) is 5.10 Å². The zero-order valence-corrected chi connectivity index (χ0v) is 16.9. The first-order valence-corrected chi connectivity index (χ1v) is 10.5. The van der Waals surface area contributed by atoms with E-state index in [4.69, 9.17) is 0 Å². The number of carbonyl (C=O) groups excluding carboxylic acids is 2. The Morgan fingerprint density at radius 1 is 1.10 bits per heavy atom. The summed E-state index contributed by atoms with van der Waals surface area (Å²) in [5.74, 6) is -0.521. The van der Waals surface area contributed by atoms with Gasteiger partial charge in [0.05, 0.1) is 6.54 Å². The Bertz CT molecular complexity index is 1140. The molecule has 0 bridgehead atoms. The fourth-order valence-corrected chi connectivity index (χ4v) is 4.56. The standard InChI is InChI=1S/C22H24FN5O2/c1-2-28-19-7-10-27(13-16(19)20(25-28)22(30)26-8-3-4-9-26)21(29)18-12-14-11-15(23)5-6-17(14)24-18/h5-6,11-12,24H,2-4,7-10,13H2,1H3. The molecule has 5 rings (SSSR count). The molecule has 0 spiro atoms. The first-order chi connectivity index (χ1) is 14.5. The number of nitrogens with zero attached hydrogens (tertiary/aromatic N) is 4. The van der Waals surface area contributed by atoms with Gasteiger partial charge in [0.1, 0.15) is 11.5 Å². The molecule has 1 saturated heterocycles. The molecule has 1 aromatic carbocycles. The van der Waals surface area contributed by atoms with Gasteiger partial charge < -0.3 is 14.8 Å². The summed E-state index contributed by atoms with van der Waals surface area (Å²) in [6, 6.07) is 6.10. The van der Waals surface area contributed by atoms with E-state index >= 15 is 0 Å². The summed E-state index contributed by atoms with van der Waals surface area (Å²) in [6.45, 7) is 5.14. The number of benzene rings is 1. The molecule has 0 unspecified atom stereocenters. The lowest BCUT2D eigenvalue weighted by molar-refractivity contribution is 0.0718. The number of hydrogen-bond acceptors (Lipinski definition) is 3. The molecule has 0 saturated carbocycles. The van der Waals surface area contributed by atoms with E-state index in [1.807, 2.05) is 16.5 Å². The number of aryl methyl sites for hydroxylation is 1. The summed E-state index contributed by atoms with van der Waals surface area (Å²) >= 11 is 0. The van der Waals surface area contributed by atoms with E-state index in [1.165, 1.54) is 12.1 Å². The van der Waals surface area contributed by atoms with Crippen LogP contribution in [-0.4, -0.2) is 56.0 Å². The highest BCUT2D eigenvalue weighted by molar-refractivity contribution is 5.99. The number of halogens is 1. The molecule has 2 aliphatic rings. The van der Waals surface area contributed by atoms with Crippen molar-refractivity contribution >= 4 is 22.7 Å². The predicted molar refractivity (Wildman–Crippen MR) is 110 cm³/mol. The minimum Gasteiger partial charge on any atom is -0.351 e. The minimum atomic E-state index is -0.333. The number of carbonyl (C=O) groups is 2. The van der Waals surface area contributed by atoms with E-state index in [-0.39, 0.29) is 17.6 Å². The molecule has 0 radical (unpaired) electrons. The lowest BCUT2D eigenvalue weighted by Crippen LogP contribution is -2.37. The van der Waals surface area contributed by atoms with E-state index in [9.17, 15) is 14.0 Å². The molecule has 0 atom stereocenters. The van der Waals surface area contributed by atoms with E-state index in [1.54, 1.807) is 17.0 Å². The number of hydrogen-bond donors (Lipinski definition) is 1. The van der Waals surface area contributed by atoms with E-state index in [2.05, 4.69) is 10.1 Å². The van der Waals surface area contributed by atoms with Crippen molar-refractivity contribution in [2.75, 3.05) is 19.6 Å². The van der Waals surface area contributed by atoms with Gasteiger partial charge in [0, 0.05) is 54.8 Å².